The van der Waals surface area contributed by atoms with Gasteiger partial charge in [0.25, 0.3) is 0 Å². The Morgan fingerprint density at radius 2 is 2.08 bits per heavy atom. The molecule has 0 spiro atoms. The zero-order chi connectivity index (χ0) is 9.90. The van der Waals surface area contributed by atoms with E-state index in [1.54, 1.807) is 24.3 Å². The van der Waals surface area contributed by atoms with E-state index in [1.807, 2.05) is 0 Å². The van der Waals surface area contributed by atoms with E-state index < -0.39 is 12.3 Å². The van der Waals surface area contributed by atoms with Gasteiger partial charge in [-0.25, -0.2) is 4.39 Å². The van der Waals surface area contributed by atoms with E-state index in [1.165, 1.54) is 14.0 Å². The molecule has 13 heavy (non-hydrogen) atoms. The number of benzene rings is 1. The molecular weight excluding hydrogens is 171 g/mol. The van der Waals surface area contributed by atoms with Crippen molar-refractivity contribution in [1.82, 2.24) is 0 Å². The lowest BCUT2D eigenvalue weighted by Gasteiger charge is -2.20. The fourth-order valence-corrected chi connectivity index (χ4v) is 1.16. The molecule has 72 valence electrons. The van der Waals surface area contributed by atoms with Gasteiger partial charge < -0.3 is 9.84 Å². The van der Waals surface area contributed by atoms with Gasteiger partial charge in [0.2, 0.25) is 0 Å². The van der Waals surface area contributed by atoms with Gasteiger partial charge in [-0.05, 0) is 13.0 Å². The summed E-state index contributed by atoms with van der Waals surface area (Å²) in [4.78, 5) is 0. The topological polar surface area (TPSA) is 29.5 Å². The molecule has 0 amide bonds. The van der Waals surface area contributed by atoms with Crippen LogP contribution < -0.4 is 4.74 Å². The molecular formula is C10H13FO2. The monoisotopic (exact) mass is 184 g/mol. The van der Waals surface area contributed by atoms with Gasteiger partial charge in [0.15, 0.2) is 5.67 Å². The average molecular weight is 184 g/mol. The van der Waals surface area contributed by atoms with Crippen molar-refractivity contribution in [3.8, 4) is 5.75 Å². The van der Waals surface area contributed by atoms with Gasteiger partial charge in [-0.15, -0.1) is 0 Å². The first-order valence-corrected chi connectivity index (χ1v) is 4.05. The van der Waals surface area contributed by atoms with Crippen LogP contribution in [-0.2, 0) is 5.67 Å². The van der Waals surface area contributed by atoms with Crippen LogP contribution in [0, 0.1) is 0 Å². The summed E-state index contributed by atoms with van der Waals surface area (Å²) in [6.45, 7) is 0.776. The maximum absolute atomic E-state index is 13.7. The molecule has 0 fully saturated rings. The van der Waals surface area contributed by atoms with Crippen LogP contribution in [0.25, 0.3) is 0 Å². The highest BCUT2D eigenvalue weighted by Crippen LogP contribution is 2.32. The van der Waals surface area contributed by atoms with Crippen LogP contribution in [0.2, 0.25) is 0 Å². The fourth-order valence-electron chi connectivity index (χ4n) is 1.16. The molecule has 0 heterocycles. The Kier molecular flexibility index (Phi) is 2.88. The number of hydrogen-bond acceptors (Lipinski definition) is 2. The van der Waals surface area contributed by atoms with Crippen molar-refractivity contribution in [3.05, 3.63) is 29.8 Å². The van der Waals surface area contributed by atoms with Gasteiger partial charge in [-0.3, -0.25) is 0 Å². The summed E-state index contributed by atoms with van der Waals surface area (Å²) >= 11 is 0. The zero-order valence-electron chi connectivity index (χ0n) is 7.75. The fraction of sp³-hybridized carbons (Fsp3) is 0.400. The first-order chi connectivity index (χ1) is 6.11. The minimum Gasteiger partial charge on any atom is -0.496 e. The molecule has 0 saturated heterocycles. The Morgan fingerprint density at radius 1 is 1.46 bits per heavy atom. The molecule has 0 bridgehead atoms. The molecule has 0 aromatic heterocycles. The predicted octanol–water partition coefficient (Wildman–Crippen LogP) is 1.87. The molecule has 0 radical (unpaired) electrons. The highest BCUT2D eigenvalue weighted by molar-refractivity contribution is 5.37. The molecule has 0 saturated carbocycles. The summed E-state index contributed by atoms with van der Waals surface area (Å²) in [5, 5.41) is 8.84. The third-order valence-electron chi connectivity index (χ3n) is 1.97. The summed E-state index contributed by atoms with van der Waals surface area (Å²) in [5.41, 5.74) is -1.37. The van der Waals surface area contributed by atoms with Crippen LogP contribution in [0.3, 0.4) is 0 Å². The van der Waals surface area contributed by atoms with E-state index in [0.717, 1.165) is 0 Å². The largest absolute Gasteiger partial charge is 0.496 e. The van der Waals surface area contributed by atoms with E-state index in [0.29, 0.717) is 11.3 Å². The Balaban J connectivity index is 3.12. The summed E-state index contributed by atoms with van der Waals surface area (Å²) in [5.74, 6) is 0.460. The lowest BCUT2D eigenvalue weighted by Crippen LogP contribution is -2.20. The second kappa shape index (κ2) is 3.75. The third-order valence-corrected chi connectivity index (χ3v) is 1.97. The minimum atomic E-state index is -1.74. The molecule has 2 nitrogen and oxygen atoms in total. The molecule has 0 aliphatic carbocycles. The van der Waals surface area contributed by atoms with Crippen molar-refractivity contribution < 1.29 is 14.2 Å². The molecule has 1 aromatic rings. The molecule has 3 heteroatoms. The maximum atomic E-state index is 13.7. The number of para-hydroxylation sites is 1. The summed E-state index contributed by atoms with van der Waals surface area (Å²) in [6.07, 6.45) is 0. The van der Waals surface area contributed by atoms with Crippen LogP contribution in [0.15, 0.2) is 24.3 Å². The van der Waals surface area contributed by atoms with Crippen molar-refractivity contribution in [2.75, 3.05) is 13.7 Å². The van der Waals surface area contributed by atoms with Crippen molar-refractivity contribution >= 4 is 0 Å². The molecule has 1 rings (SSSR count). The quantitative estimate of drug-likeness (QED) is 0.777. The number of hydrogen-bond donors (Lipinski definition) is 1. The van der Waals surface area contributed by atoms with E-state index in [2.05, 4.69) is 0 Å². The number of ether oxygens (including phenoxy) is 1. The molecule has 0 aliphatic rings. The lowest BCUT2D eigenvalue weighted by atomic mass is 9.98. The highest BCUT2D eigenvalue weighted by Gasteiger charge is 2.27. The normalized spacial score (nSPS) is 15.1. The number of alkyl halides is 1. The van der Waals surface area contributed by atoms with Crippen molar-refractivity contribution in [3.63, 3.8) is 0 Å². The molecule has 1 aromatic carbocycles. The molecule has 1 atom stereocenters. The third kappa shape index (κ3) is 1.98. The summed E-state index contributed by atoms with van der Waals surface area (Å²) < 4.78 is 18.7. The van der Waals surface area contributed by atoms with E-state index in [-0.39, 0.29) is 0 Å². The first kappa shape index (κ1) is 9.99. The summed E-state index contributed by atoms with van der Waals surface area (Å²) in [6, 6.07) is 6.75. The van der Waals surface area contributed by atoms with Gasteiger partial charge in [-0.1, -0.05) is 18.2 Å². The predicted molar refractivity (Wildman–Crippen MR) is 48.5 cm³/mol. The van der Waals surface area contributed by atoms with Crippen LogP contribution in [0.5, 0.6) is 5.75 Å². The second-order valence-electron chi connectivity index (χ2n) is 3.06. The van der Waals surface area contributed by atoms with E-state index >= 15 is 0 Å². The lowest BCUT2D eigenvalue weighted by molar-refractivity contribution is 0.0841. The number of rotatable bonds is 3. The van der Waals surface area contributed by atoms with Crippen LogP contribution in [0.4, 0.5) is 4.39 Å². The number of halogens is 1. The van der Waals surface area contributed by atoms with Crippen molar-refractivity contribution in [2.24, 2.45) is 0 Å². The van der Waals surface area contributed by atoms with Crippen LogP contribution in [-0.4, -0.2) is 18.8 Å². The van der Waals surface area contributed by atoms with Gasteiger partial charge in [0.05, 0.1) is 13.7 Å². The number of aliphatic hydroxyl groups is 1. The Labute approximate surface area is 77.0 Å². The van der Waals surface area contributed by atoms with Crippen molar-refractivity contribution in [2.45, 2.75) is 12.6 Å². The van der Waals surface area contributed by atoms with Crippen molar-refractivity contribution in [1.29, 1.82) is 0 Å². The van der Waals surface area contributed by atoms with Gasteiger partial charge in [-0.2, -0.15) is 0 Å². The molecule has 1 N–H and O–H groups in total. The Morgan fingerprint density at radius 3 is 2.62 bits per heavy atom. The number of aliphatic hydroxyl groups excluding tert-OH is 1. The Hall–Kier alpha value is -1.09. The van der Waals surface area contributed by atoms with E-state index in [9.17, 15) is 4.39 Å². The minimum absolute atomic E-state index is 0.375. The van der Waals surface area contributed by atoms with Crippen LogP contribution >= 0.6 is 0 Å². The highest BCUT2D eigenvalue weighted by atomic mass is 19.1. The first-order valence-electron chi connectivity index (χ1n) is 4.05. The van der Waals surface area contributed by atoms with Crippen LogP contribution in [0.1, 0.15) is 12.5 Å². The molecule has 0 aliphatic heterocycles. The second-order valence-corrected chi connectivity index (χ2v) is 3.06. The van der Waals surface area contributed by atoms with E-state index in [4.69, 9.17) is 9.84 Å². The smallest absolute Gasteiger partial charge is 0.159 e. The van der Waals surface area contributed by atoms with Gasteiger partial charge in [0.1, 0.15) is 5.75 Å². The number of methoxy groups -OCH3 is 1. The SMILES string of the molecule is COc1ccccc1C(C)(F)CO. The van der Waals surface area contributed by atoms with Gasteiger partial charge >= 0.3 is 0 Å². The zero-order valence-corrected chi connectivity index (χ0v) is 7.75. The average Bonchev–Trinajstić information content (AvgIpc) is 2.18. The maximum Gasteiger partial charge on any atom is 0.159 e. The van der Waals surface area contributed by atoms with Gasteiger partial charge in [0, 0.05) is 5.56 Å². The standard InChI is InChI=1S/C10H13FO2/c1-10(11,7-12)8-5-3-4-6-9(8)13-2/h3-6,12H,7H2,1-2H3. The molecule has 1 unspecified atom stereocenters. The summed E-state index contributed by atoms with van der Waals surface area (Å²) in [7, 11) is 1.48. The Bertz CT molecular complexity index is 284.